The highest BCUT2D eigenvalue weighted by atomic mass is 79.9. The summed E-state index contributed by atoms with van der Waals surface area (Å²) in [4.78, 5) is 33.2. The Balaban J connectivity index is 3.51. The van der Waals surface area contributed by atoms with Crippen molar-refractivity contribution in [1.82, 2.24) is 0 Å². The third-order valence-electron chi connectivity index (χ3n) is 3.20. The first-order valence-corrected chi connectivity index (χ1v) is 7.57. The fourth-order valence-electron chi connectivity index (χ4n) is 2.25. The van der Waals surface area contributed by atoms with Crippen molar-refractivity contribution in [2.24, 2.45) is 5.41 Å². The molecule has 0 unspecified atom stereocenters. The monoisotopic (exact) mass is 387 g/mol. The number of halogens is 1. The standard InChI is InChI=1S/C14H18BrN3O5/c1-7-11(16-9(19)6-14(3,4)5)8(2)13(18(22)23)10(15)12(7)17(20)21/h6H2,1-5H3,(H,16,19). The Morgan fingerprint density at radius 3 is 1.78 bits per heavy atom. The Kier molecular flexibility index (Phi) is 5.47. The molecule has 0 heterocycles. The van der Waals surface area contributed by atoms with E-state index in [1.807, 2.05) is 20.8 Å². The molecule has 0 fully saturated rings. The molecule has 0 aliphatic heterocycles. The smallest absolute Gasteiger partial charge is 0.295 e. The molecular weight excluding hydrogens is 370 g/mol. The van der Waals surface area contributed by atoms with Gasteiger partial charge in [-0.2, -0.15) is 0 Å². The van der Waals surface area contributed by atoms with Gasteiger partial charge in [-0.15, -0.1) is 0 Å². The van der Waals surface area contributed by atoms with Crippen LogP contribution in [0.15, 0.2) is 4.47 Å². The minimum absolute atomic E-state index is 0.112. The van der Waals surface area contributed by atoms with Crippen LogP contribution in [0.4, 0.5) is 17.1 Å². The second kappa shape index (κ2) is 6.61. The molecule has 1 aromatic carbocycles. The number of nitro groups is 2. The fourth-order valence-corrected chi connectivity index (χ4v) is 3.13. The van der Waals surface area contributed by atoms with E-state index in [-0.39, 0.29) is 39.0 Å². The van der Waals surface area contributed by atoms with E-state index in [0.29, 0.717) is 0 Å². The zero-order chi connectivity index (χ0) is 18.1. The second-order valence-corrected chi connectivity index (χ2v) is 7.23. The molecule has 0 aliphatic rings. The minimum atomic E-state index is -0.703. The van der Waals surface area contributed by atoms with Crippen LogP contribution in [-0.2, 0) is 4.79 Å². The van der Waals surface area contributed by atoms with Crippen molar-refractivity contribution >= 4 is 38.9 Å². The number of nitrogens with zero attached hydrogens (tertiary/aromatic N) is 2. The lowest BCUT2D eigenvalue weighted by atomic mass is 9.91. The molecule has 0 saturated carbocycles. The van der Waals surface area contributed by atoms with E-state index in [4.69, 9.17) is 0 Å². The minimum Gasteiger partial charge on any atom is -0.325 e. The van der Waals surface area contributed by atoms with Crippen molar-refractivity contribution in [1.29, 1.82) is 0 Å². The summed E-state index contributed by atoms with van der Waals surface area (Å²) in [5.74, 6) is -0.352. The van der Waals surface area contributed by atoms with Crippen molar-refractivity contribution in [2.45, 2.75) is 41.0 Å². The van der Waals surface area contributed by atoms with Crippen LogP contribution in [0.2, 0.25) is 0 Å². The zero-order valence-corrected chi connectivity index (χ0v) is 15.1. The van der Waals surface area contributed by atoms with Crippen LogP contribution < -0.4 is 5.32 Å². The molecule has 0 spiro atoms. The van der Waals surface area contributed by atoms with E-state index in [9.17, 15) is 25.0 Å². The molecule has 23 heavy (non-hydrogen) atoms. The number of hydrogen-bond donors (Lipinski definition) is 1. The van der Waals surface area contributed by atoms with E-state index in [1.165, 1.54) is 13.8 Å². The van der Waals surface area contributed by atoms with Gasteiger partial charge in [0.15, 0.2) is 4.47 Å². The molecule has 1 rings (SSSR count). The Morgan fingerprint density at radius 1 is 1.09 bits per heavy atom. The van der Waals surface area contributed by atoms with Gasteiger partial charge in [-0.1, -0.05) is 20.8 Å². The van der Waals surface area contributed by atoms with Gasteiger partial charge < -0.3 is 5.32 Å². The third-order valence-corrected chi connectivity index (χ3v) is 3.95. The Morgan fingerprint density at radius 2 is 1.48 bits per heavy atom. The lowest BCUT2D eigenvalue weighted by Crippen LogP contribution is -2.21. The third kappa shape index (κ3) is 4.25. The number of benzene rings is 1. The number of nitrogens with one attached hydrogen (secondary N) is 1. The normalized spacial score (nSPS) is 11.2. The molecule has 126 valence electrons. The highest BCUT2D eigenvalue weighted by Crippen LogP contribution is 2.44. The van der Waals surface area contributed by atoms with Crippen LogP contribution in [0.1, 0.15) is 38.3 Å². The number of nitro benzene ring substituents is 2. The summed E-state index contributed by atoms with van der Waals surface area (Å²) in [6.07, 6.45) is 0.184. The topological polar surface area (TPSA) is 115 Å². The van der Waals surface area contributed by atoms with Gasteiger partial charge in [0.2, 0.25) is 5.91 Å². The first-order valence-electron chi connectivity index (χ1n) is 6.78. The highest BCUT2D eigenvalue weighted by molar-refractivity contribution is 9.10. The van der Waals surface area contributed by atoms with Crippen LogP contribution >= 0.6 is 15.9 Å². The maximum atomic E-state index is 12.1. The molecule has 9 heteroatoms. The Hall–Kier alpha value is -2.03. The number of amides is 1. The van der Waals surface area contributed by atoms with Crippen molar-refractivity contribution in [2.75, 3.05) is 5.32 Å². The summed E-state index contributed by atoms with van der Waals surface area (Å²) in [5, 5.41) is 25.1. The summed E-state index contributed by atoms with van der Waals surface area (Å²) in [6.45, 7) is 8.52. The summed E-state index contributed by atoms with van der Waals surface area (Å²) < 4.78 is -0.198. The molecule has 1 aromatic rings. The maximum absolute atomic E-state index is 12.1. The quantitative estimate of drug-likeness (QED) is 0.611. The number of carbonyl (C=O) groups is 1. The molecule has 1 amide bonds. The average Bonchev–Trinajstić information content (AvgIpc) is 2.31. The highest BCUT2D eigenvalue weighted by Gasteiger charge is 2.33. The van der Waals surface area contributed by atoms with Crippen molar-refractivity contribution in [3.8, 4) is 0 Å². The van der Waals surface area contributed by atoms with Crippen molar-refractivity contribution in [3.63, 3.8) is 0 Å². The molecule has 0 bridgehead atoms. The average molecular weight is 388 g/mol. The molecule has 0 aromatic heterocycles. The molecule has 0 radical (unpaired) electrons. The molecule has 0 aliphatic carbocycles. The van der Waals surface area contributed by atoms with E-state index in [2.05, 4.69) is 21.2 Å². The maximum Gasteiger partial charge on any atom is 0.295 e. The van der Waals surface area contributed by atoms with Gasteiger partial charge in [0.25, 0.3) is 11.4 Å². The lowest BCUT2D eigenvalue weighted by molar-refractivity contribution is -0.396. The lowest BCUT2D eigenvalue weighted by Gasteiger charge is -2.19. The number of rotatable bonds is 4. The van der Waals surface area contributed by atoms with E-state index in [0.717, 1.165) is 0 Å². The van der Waals surface area contributed by atoms with Gasteiger partial charge >= 0.3 is 0 Å². The molecule has 0 atom stereocenters. The van der Waals surface area contributed by atoms with E-state index in [1.54, 1.807) is 0 Å². The first-order chi connectivity index (χ1) is 10.4. The number of hydrogen-bond acceptors (Lipinski definition) is 5. The molecule has 0 saturated heterocycles. The van der Waals surface area contributed by atoms with Crippen LogP contribution in [0.5, 0.6) is 0 Å². The predicted octanol–water partition coefficient (Wildman–Crippen LogP) is 4.26. The van der Waals surface area contributed by atoms with Crippen molar-refractivity contribution < 1.29 is 14.6 Å². The van der Waals surface area contributed by atoms with E-state index < -0.39 is 21.2 Å². The summed E-state index contributed by atoms with van der Waals surface area (Å²) >= 11 is 2.94. The second-order valence-electron chi connectivity index (χ2n) is 6.44. The van der Waals surface area contributed by atoms with Gasteiger partial charge in [0, 0.05) is 6.42 Å². The Bertz CT molecular complexity index is 654. The van der Waals surface area contributed by atoms with E-state index >= 15 is 0 Å². The summed E-state index contributed by atoms with van der Waals surface area (Å²) in [6, 6.07) is 0. The van der Waals surface area contributed by atoms with Crippen LogP contribution in [0.25, 0.3) is 0 Å². The predicted molar refractivity (Wildman–Crippen MR) is 89.6 cm³/mol. The van der Waals surface area contributed by atoms with Crippen molar-refractivity contribution in [3.05, 3.63) is 35.8 Å². The number of carbonyl (C=O) groups excluding carboxylic acids is 1. The van der Waals surface area contributed by atoms with Crippen LogP contribution in [0, 0.1) is 39.5 Å². The summed E-state index contributed by atoms with van der Waals surface area (Å²) in [7, 11) is 0. The van der Waals surface area contributed by atoms with Gasteiger partial charge in [0.05, 0.1) is 26.7 Å². The molecule has 1 N–H and O–H groups in total. The molecular formula is C14H18BrN3O5. The van der Waals surface area contributed by atoms with Crippen LogP contribution in [0.3, 0.4) is 0 Å². The van der Waals surface area contributed by atoms with Gasteiger partial charge in [-0.25, -0.2) is 0 Å². The first kappa shape index (κ1) is 19.0. The Labute approximate surface area is 141 Å². The SMILES string of the molecule is Cc1c(NC(=O)CC(C)(C)C)c(C)c([N+](=O)[O-])c(Br)c1[N+](=O)[O-]. The van der Waals surface area contributed by atoms with Gasteiger partial charge in [-0.05, 0) is 35.2 Å². The molecule has 8 nitrogen and oxygen atoms in total. The number of anilines is 1. The van der Waals surface area contributed by atoms with Gasteiger partial charge in [-0.3, -0.25) is 25.0 Å². The fraction of sp³-hybridized carbons (Fsp3) is 0.500. The zero-order valence-electron chi connectivity index (χ0n) is 13.5. The van der Waals surface area contributed by atoms with Crippen LogP contribution in [-0.4, -0.2) is 15.8 Å². The summed E-state index contributed by atoms with van der Waals surface area (Å²) in [5.41, 5.74) is -0.666. The van der Waals surface area contributed by atoms with Gasteiger partial charge in [0.1, 0.15) is 0 Å². The largest absolute Gasteiger partial charge is 0.325 e.